The highest BCUT2D eigenvalue weighted by atomic mass is 16.3. The van der Waals surface area contributed by atoms with Crippen LogP contribution in [-0.4, -0.2) is 23.7 Å². The summed E-state index contributed by atoms with van der Waals surface area (Å²) in [6, 6.07) is 6.08. The number of benzene rings is 1. The van der Waals surface area contributed by atoms with E-state index in [-0.39, 0.29) is 12.5 Å². The minimum absolute atomic E-state index is 0.189. The van der Waals surface area contributed by atoms with Gasteiger partial charge in [0.2, 0.25) is 5.91 Å². The van der Waals surface area contributed by atoms with Gasteiger partial charge in [0.15, 0.2) is 0 Å². The molecule has 0 aromatic heterocycles. The number of nitrogens with one attached hydrogen (secondary N) is 1. The molecule has 1 rings (SSSR count). The van der Waals surface area contributed by atoms with Crippen LogP contribution in [0.3, 0.4) is 0 Å². The second-order valence-electron chi connectivity index (χ2n) is 4.29. The van der Waals surface area contributed by atoms with Crippen molar-refractivity contribution in [1.82, 2.24) is 5.32 Å². The molecule has 0 radical (unpaired) electrons. The third-order valence-electron chi connectivity index (χ3n) is 2.41. The Morgan fingerprint density at radius 2 is 2.18 bits per heavy atom. The van der Waals surface area contributed by atoms with Crippen LogP contribution in [0.5, 0.6) is 0 Å². The number of aliphatic hydroxyl groups is 1. The van der Waals surface area contributed by atoms with Gasteiger partial charge in [0, 0.05) is 12.6 Å². The Morgan fingerprint density at radius 1 is 1.47 bits per heavy atom. The van der Waals surface area contributed by atoms with Crippen LogP contribution in [0.1, 0.15) is 23.6 Å². The van der Waals surface area contributed by atoms with Gasteiger partial charge in [-0.1, -0.05) is 23.8 Å². The molecule has 0 fully saturated rings. The van der Waals surface area contributed by atoms with Crippen LogP contribution in [0.4, 0.5) is 0 Å². The van der Waals surface area contributed by atoms with Crippen LogP contribution in [0.15, 0.2) is 24.3 Å². The molecule has 0 saturated heterocycles. The van der Waals surface area contributed by atoms with Crippen LogP contribution in [0.2, 0.25) is 0 Å². The Labute approximate surface area is 102 Å². The first kappa shape index (κ1) is 13.5. The molecule has 92 valence electrons. The van der Waals surface area contributed by atoms with E-state index in [1.807, 2.05) is 26.0 Å². The van der Waals surface area contributed by atoms with E-state index in [0.717, 1.165) is 11.1 Å². The van der Waals surface area contributed by atoms with E-state index in [9.17, 15) is 4.79 Å². The second kappa shape index (κ2) is 6.21. The molecular weight excluding hydrogens is 214 g/mol. The molecule has 0 saturated carbocycles. The SMILES string of the molecule is Cc1ccc(/C=C/C(=O)NC[C@@H](C)O)c(C)c1. The Morgan fingerprint density at radius 3 is 2.76 bits per heavy atom. The molecule has 0 aliphatic rings. The van der Waals surface area contributed by atoms with Crippen molar-refractivity contribution in [2.75, 3.05) is 6.54 Å². The lowest BCUT2D eigenvalue weighted by molar-refractivity contribution is -0.116. The normalized spacial score (nSPS) is 12.7. The van der Waals surface area contributed by atoms with Gasteiger partial charge in [-0.15, -0.1) is 0 Å². The van der Waals surface area contributed by atoms with E-state index in [1.54, 1.807) is 13.0 Å². The van der Waals surface area contributed by atoms with Crippen molar-refractivity contribution in [2.24, 2.45) is 0 Å². The van der Waals surface area contributed by atoms with Gasteiger partial charge in [-0.05, 0) is 38.0 Å². The van der Waals surface area contributed by atoms with Crippen molar-refractivity contribution in [3.63, 3.8) is 0 Å². The first-order chi connectivity index (χ1) is 7.99. The largest absolute Gasteiger partial charge is 0.392 e. The Hall–Kier alpha value is -1.61. The van der Waals surface area contributed by atoms with E-state index in [0.29, 0.717) is 0 Å². The highest BCUT2D eigenvalue weighted by Gasteiger charge is 1.99. The van der Waals surface area contributed by atoms with E-state index in [2.05, 4.69) is 11.4 Å². The Kier molecular flexibility index (Phi) is 4.91. The topological polar surface area (TPSA) is 49.3 Å². The minimum Gasteiger partial charge on any atom is -0.392 e. The Balaban J connectivity index is 2.61. The summed E-state index contributed by atoms with van der Waals surface area (Å²) in [5.74, 6) is -0.189. The molecule has 3 nitrogen and oxygen atoms in total. The number of amides is 1. The predicted octanol–water partition coefficient (Wildman–Crippen LogP) is 1.81. The molecule has 0 unspecified atom stereocenters. The number of carbonyl (C=O) groups excluding carboxylic acids is 1. The summed E-state index contributed by atoms with van der Waals surface area (Å²) in [4.78, 5) is 11.4. The molecule has 3 heteroatoms. The minimum atomic E-state index is -0.520. The van der Waals surface area contributed by atoms with Gasteiger partial charge in [-0.3, -0.25) is 4.79 Å². The van der Waals surface area contributed by atoms with Crippen molar-refractivity contribution in [1.29, 1.82) is 0 Å². The smallest absolute Gasteiger partial charge is 0.244 e. The number of rotatable bonds is 4. The summed E-state index contributed by atoms with van der Waals surface area (Å²) in [6.07, 6.45) is 2.75. The van der Waals surface area contributed by atoms with Crippen molar-refractivity contribution in [3.05, 3.63) is 41.0 Å². The third kappa shape index (κ3) is 4.83. The standard InChI is InChI=1S/C14H19NO2/c1-10-4-5-13(11(2)8-10)6-7-14(17)15-9-12(3)16/h4-8,12,16H,9H2,1-3H3,(H,15,17)/b7-6+/t12-/m1/s1. The summed E-state index contributed by atoms with van der Waals surface area (Å²) < 4.78 is 0. The second-order valence-corrected chi connectivity index (χ2v) is 4.29. The molecule has 0 aliphatic heterocycles. The predicted molar refractivity (Wildman–Crippen MR) is 69.6 cm³/mol. The summed E-state index contributed by atoms with van der Waals surface area (Å²) in [5, 5.41) is 11.6. The molecule has 0 aliphatic carbocycles. The molecule has 1 atom stereocenters. The lowest BCUT2D eigenvalue weighted by Gasteiger charge is -2.04. The van der Waals surface area contributed by atoms with Crippen molar-refractivity contribution >= 4 is 12.0 Å². The molecule has 17 heavy (non-hydrogen) atoms. The molecule has 0 spiro atoms. The molecule has 0 heterocycles. The van der Waals surface area contributed by atoms with Gasteiger partial charge in [-0.25, -0.2) is 0 Å². The average Bonchev–Trinajstić information content (AvgIpc) is 2.25. The van der Waals surface area contributed by atoms with Crippen LogP contribution in [-0.2, 0) is 4.79 Å². The van der Waals surface area contributed by atoms with Gasteiger partial charge in [0.1, 0.15) is 0 Å². The van der Waals surface area contributed by atoms with Gasteiger partial charge in [0.25, 0.3) is 0 Å². The fourth-order valence-corrected chi connectivity index (χ4v) is 1.49. The van der Waals surface area contributed by atoms with Gasteiger partial charge < -0.3 is 10.4 Å². The van der Waals surface area contributed by atoms with E-state index in [4.69, 9.17) is 5.11 Å². The lowest BCUT2D eigenvalue weighted by atomic mass is 10.1. The third-order valence-corrected chi connectivity index (χ3v) is 2.41. The van der Waals surface area contributed by atoms with Gasteiger partial charge in [0.05, 0.1) is 6.10 Å². The van der Waals surface area contributed by atoms with Crippen molar-refractivity contribution in [3.8, 4) is 0 Å². The van der Waals surface area contributed by atoms with Gasteiger partial charge in [-0.2, -0.15) is 0 Å². The zero-order chi connectivity index (χ0) is 12.8. The molecule has 0 bridgehead atoms. The van der Waals surface area contributed by atoms with E-state index in [1.165, 1.54) is 11.6 Å². The zero-order valence-corrected chi connectivity index (χ0v) is 10.5. The molecular formula is C14H19NO2. The maximum Gasteiger partial charge on any atom is 0.244 e. The van der Waals surface area contributed by atoms with Gasteiger partial charge >= 0.3 is 0 Å². The van der Waals surface area contributed by atoms with Crippen LogP contribution in [0, 0.1) is 13.8 Å². The first-order valence-corrected chi connectivity index (χ1v) is 5.70. The Bertz CT molecular complexity index is 422. The fraction of sp³-hybridized carbons (Fsp3) is 0.357. The lowest BCUT2D eigenvalue weighted by Crippen LogP contribution is -2.28. The fourth-order valence-electron chi connectivity index (χ4n) is 1.49. The number of hydrogen-bond acceptors (Lipinski definition) is 2. The highest BCUT2D eigenvalue weighted by molar-refractivity contribution is 5.91. The summed E-state index contributed by atoms with van der Waals surface area (Å²) in [5.41, 5.74) is 3.38. The molecule has 1 aromatic carbocycles. The van der Waals surface area contributed by atoms with Crippen LogP contribution < -0.4 is 5.32 Å². The van der Waals surface area contributed by atoms with Crippen molar-refractivity contribution in [2.45, 2.75) is 26.9 Å². The molecule has 1 amide bonds. The maximum atomic E-state index is 11.4. The number of aryl methyl sites for hydroxylation is 2. The zero-order valence-electron chi connectivity index (χ0n) is 10.5. The average molecular weight is 233 g/mol. The quantitative estimate of drug-likeness (QED) is 0.779. The maximum absolute atomic E-state index is 11.4. The number of hydrogen-bond donors (Lipinski definition) is 2. The van der Waals surface area contributed by atoms with E-state index >= 15 is 0 Å². The van der Waals surface area contributed by atoms with Crippen LogP contribution >= 0.6 is 0 Å². The van der Waals surface area contributed by atoms with E-state index < -0.39 is 6.10 Å². The summed E-state index contributed by atoms with van der Waals surface area (Å²) in [7, 11) is 0. The number of aliphatic hydroxyl groups excluding tert-OH is 1. The summed E-state index contributed by atoms with van der Waals surface area (Å²) in [6.45, 7) is 5.96. The molecule has 1 aromatic rings. The monoisotopic (exact) mass is 233 g/mol. The van der Waals surface area contributed by atoms with Crippen LogP contribution in [0.25, 0.3) is 6.08 Å². The molecule has 2 N–H and O–H groups in total. The first-order valence-electron chi connectivity index (χ1n) is 5.70. The number of carbonyl (C=O) groups is 1. The highest BCUT2D eigenvalue weighted by Crippen LogP contribution is 2.11. The van der Waals surface area contributed by atoms with Crippen molar-refractivity contribution < 1.29 is 9.90 Å². The summed E-state index contributed by atoms with van der Waals surface area (Å²) >= 11 is 0.